The second-order valence-corrected chi connectivity index (χ2v) is 4.07. The van der Waals surface area contributed by atoms with Crippen LogP contribution in [-0.4, -0.2) is 22.7 Å². The molecule has 0 amide bonds. The normalized spacial score (nSPS) is 10.1. The highest BCUT2D eigenvalue weighted by Gasteiger charge is 2.20. The van der Waals surface area contributed by atoms with Crippen molar-refractivity contribution in [1.82, 2.24) is 0 Å². The summed E-state index contributed by atoms with van der Waals surface area (Å²) in [7, 11) is 0. The van der Waals surface area contributed by atoms with Crippen LogP contribution in [0, 0.1) is 15.9 Å². The standard InChI is InChI=1S/C10H10FNO3S/c1-16-5-4-10(13)8-3-2-7(11)6-9(8)12(14)15/h2-3,6H,4-5H2,1H3. The van der Waals surface area contributed by atoms with Gasteiger partial charge in [0.1, 0.15) is 5.82 Å². The van der Waals surface area contributed by atoms with Crippen molar-refractivity contribution in [3.63, 3.8) is 0 Å². The summed E-state index contributed by atoms with van der Waals surface area (Å²) in [6.07, 6.45) is 2.06. The van der Waals surface area contributed by atoms with Crippen molar-refractivity contribution in [2.45, 2.75) is 6.42 Å². The Kier molecular flexibility index (Phi) is 4.42. The molecule has 0 N–H and O–H groups in total. The van der Waals surface area contributed by atoms with E-state index in [4.69, 9.17) is 0 Å². The van der Waals surface area contributed by atoms with Crippen molar-refractivity contribution >= 4 is 23.2 Å². The van der Waals surface area contributed by atoms with Crippen LogP contribution in [0.25, 0.3) is 0 Å². The number of Topliss-reactive ketones (excluding diaryl/α,β-unsaturated/α-hetero) is 1. The van der Waals surface area contributed by atoms with Crippen molar-refractivity contribution in [3.8, 4) is 0 Å². The second-order valence-electron chi connectivity index (χ2n) is 3.08. The molecule has 0 atom stereocenters. The molecule has 6 heteroatoms. The first-order valence-electron chi connectivity index (χ1n) is 4.52. The topological polar surface area (TPSA) is 60.2 Å². The smallest absolute Gasteiger partial charge is 0.283 e. The molecular weight excluding hydrogens is 233 g/mol. The fourth-order valence-electron chi connectivity index (χ4n) is 1.22. The van der Waals surface area contributed by atoms with Gasteiger partial charge in [0.15, 0.2) is 5.78 Å². The summed E-state index contributed by atoms with van der Waals surface area (Å²) in [6.45, 7) is 0. The minimum atomic E-state index is -0.741. The fraction of sp³-hybridized carbons (Fsp3) is 0.300. The molecule has 0 fully saturated rings. The molecule has 0 aromatic heterocycles. The Morgan fingerprint density at radius 1 is 1.56 bits per heavy atom. The quantitative estimate of drug-likeness (QED) is 0.453. The predicted molar refractivity (Wildman–Crippen MR) is 60.4 cm³/mol. The van der Waals surface area contributed by atoms with E-state index in [1.165, 1.54) is 11.8 Å². The summed E-state index contributed by atoms with van der Waals surface area (Å²) in [5.74, 6) is -0.456. The van der Waals surface area contributed by atoms with Crippen LogP contribution in [0.3, 0.4) is 0 Å². The third-order valence-electron chi connectivity index (χ3n) is 1.99. The average Bonchev–Trinajstić information content (AvgIpc) is 2.25. The maximum Gasteiger partial charge on any atom is 0.283 e. The number of thioether (sulfide) groups is 1. The number of rotatable bonds is 5. The van der Waals surface area contributed by atoms with Crippen molar-refractivity contribution < 1.29 is 14.1 Å². The lowest BCUT2D eigenvalue weighted by atomic mass is 10.1. The van der Waals surface area contributed by atoms with Gasteiger partial charge in [-0.05, 0) is 18.4 Å². The van der Waals surface area contributed by atoms with Gasteiger partial charge in [0.05, 0.1) is 16.6 Å². The van der Waals surface area contributed by atoms with Gasteiger partial charge in [-0.25, -0.2) is 4.39 Å². The van der Waals surface area contributed by atoms with Gasteiger partial charge in [-0.1, -0.05) is 0 Å². The molecule has 0 radical (unpaired) electrons. The number of carbonyl (C=O) groups is 1. The van der Waals surface area contributed by atoms with Gasteiger partial charge in [0.25, 0.3) is 5.69 Å². The predicted octanol–water partition coefficient (Wildman–Crippen LogP) is 2.67. The van der Waals surface area contributed by atoms with Crippen molar-refractivity contribution in [2.75, 3.05) is 12.0 Å². The van der Waals surface area contributed by atoms with E-state index >= 15 is 0 Å². The molecule has 1 aromatic carbocycles. The van der Waals surface area contributed by atoms with Gasteiger partial charge in [-0.2, -0.15) is 11.8 Å². The third kappa shape index (κ3) is 3.03. The maximum absolute atomic E-state index is 12.8. The summed E-state index contributed by atoms with van der Waals surface area (Å²) in [5.41, 5.74) is -0.494. The van der Waals surface area contributed by atoms with E-state index in [0.29, 0.717) is 5.75 Å². The molecule has 0 aliphatic heterocycles. The molecule has 0 aliphatic rings. The Balaban J connectivity index is 3.03. The average molecular weight is 243 g/mol. The van der Waals surface area contributed by atoms with E-state index in [-0.39, 0.29) is 17.8 Å². The molecule has 0 saturated carbocycles. The number of ketones is 1. The minimum Gasteiger partial charge on any atom is -0.294 e. The van der Waals surface area contributed by atoms with Crippen LogP contribution in [0.5, 0.6) is 0 Å². The zero-order chi connectivity index (χ0) is 12.1. The Bertz CT molecular complexity index is 423. The number of nitro benzene ring substituents is 1. The highest BCUT2D eigenvalue weighted by atomic mass is 32.2. The van der Waals surface area contributed by atoms with Crippen LogP contribution >= 0.6 is 11.8 Å². The van der Waals surface area contributed by atoms with Crippen LogP contribution in [0.1, 0.15) is 16.8 Å². The third-order valence-corrected chi connectivity index (χ3v) is 2.60. The van der Waals surface area contributed by atoms with Gasteiger partial charge < -0.3 is 0 Å². The number of carbonyl (C=O) groups excluding carboxylic acids is 1. The summed E-state index contributed by atoms with van der Waals surface area (Å²) in [4.78, 5) is 21.5. The number of hydrogen-bond donors (Lipinski definition) is 0. The van der Waals surface area contributed by atoms with E-state index in [1.54, 1.807) is 0 Å². The Morgan fingerprint density at radius 2 is 2.25 bits per heavy atom. The number of nitro groups is 1. The molecular formula is C10H10FNO3S. The van der Waals surface area contributed by atoms with Gasteiger partial charge in [0.2, 0.25) is 0 Å². The highest BCUT2D eigenvalue weighted by Crippen LogP contribution is 2.21. The number of benzene rings is 1. The zero-order valence-electron chi connectivity index (χ0n) is 8.60. The van der Waals surface area contributed by atoms with Gasteiger partial charge in [0, 0.05) is 12.2 Å². The van der Waals surface area contributed by atoms with Gasteiger partial charge in [-0.15, -0.1) is 0 Å². The molecule has 1 aromatic rings. The lowest BCUT2D eigenvalue weighted by molar-refractivity contribution is -0.385. The van der Waals surface area contributed by atoms with Crippen molar-refractivity contribution in [2.24, 2.45) is 0 Å². The Labute approximate surface area is 96.0 Å². The summed E-state index contributed by atoms with van der Waals surface area (Å²) >= 11 is 1.48. The van der Waals surface area contributed by atoms with Crippen molar-refractivity contribution in [1.29, 1.82) is 0 Å². The van der Waals surface area contributed by atoms with Crippen LogP contribution in [0.15, 0.2) is 18.2 Å². The largest absolute Gasteiger partial charge is 0.294 e. The monoisotopic (exact) mass is 243 g/mol. The maximum atomic E-state index is 12.8. The highest BCUT2D eigenvalue weighted by molar-refractivity contribution is 7.98. The van der Waals surface area contributed by atoms with E-state index in [1.807, 2.05) is 6.26 Å². The molecule has 86 valence electrons. The Morgan fingerprint density at radius 3 is 2.81 bits per heavy atom. The lowest BCUT2D eigenvalue weighted by Crippen LogP contribution is -2.05. The molecule has 4 nitrogen and oxygen atoms in total. The summed E-state index contributed by atoms with van der Waals surface area (Å²) in [5, 5.41) is 10.6. The second kappa shape index (κ2) is 5.60. The molecule has 0 unspecified atom stereocenters. The first kappa shape index (κ1) is 12.6. The first-order chi connectivity index (χ1) is 7.56. The first-order valence-corrected chi connectivity index (χ1v) is 5.91. The SMILES string of the molecule is CSCCC(=O)c1ccc(F)cc1[N+](=O)[O-]. The number of hydrogen-bond acceptors (Lipinski definition) is 4. The fourth-order valence-corrected chi connectivity index (χ4v) is 1.61. The van der Waals surface area contributed by atoms with Crippen LogP contribution in [0.4, 0.5) is 10.1 Å². The zero-order valence-corrected chi connectivity index (χ0v) is 9.42. The Hall–Kier alpha value is -1.43. The summed E-state index contributed by atoms with van der Waals surface area (Å²) < 4.78 is 12.8. The van der Waals surface area contributed by atoms with Gasteiger partial charge in [-0.3, -0.25) is 14.9 Å². The van der Waals surface area contributed by atoms with E-state index in [9.17, 15) is 19.3 Å². The van der Waals surface area contributed by atoms with Gasteiger partial charge >= 0.3 is 0 Å². The number of nitrogens with zero attached hydrogens (tertiary/aromatic N) is 1. The van der Waals surface area contributed by atoms with E-state index < -0.39 is 16.4 Å². The minimum absolute atomic E-state index is 0.0274. The molecule has 0 saturated heterocycles. The number of halogens is 1. The van der Waals surface area contributed by atoms with E-state index in [2.05, 4.69) is 0 Å². The lowest BCUT2D eigenvalue weighted by Gasteiger charge is -2.01. The van der Waals surface area contributed by atoms with Crippen LogP contribution < -0.4 is 0 Å². The molecule has 1 rings (SSSR count). The molecule has 16 heavy (non-hydrogen) atoms. The van der Waals surface area contributed by atoms with Crippen LogP contribution in [0.2, 0.25) is 0 Å². The molecule has 0 aliphatic carbocycles. The molecule has 0 spiro atoms. The molecule has 0 bridgehead atoms. The summed E-state index contributed by atoms with van der Waals surface area (Å²) in [6, 6.07) is 2.99. The van der Waals surface area contributed by atoms with E-state index in [0.717, 1.165) is 18.2 Å². The molecule has 0 heterocycles. The van der Waals surface area contributed by atoms with Crippen LogP contribution in [-0.2, 0) is 0 Å². The van der Waals surface area contributed by atoms with Crippen molar-refractivity contribution in [3.05, 3.63) is 39.7 Å².